The maximum atomic E-state index is 13.6. The Hall–Kier alpha value is -3.29. The highest BCUT2D eigenvalue weighted by molar-refractivity contribution is 5.95. The van der Waals surface area contributed by atoms with E-state index >= 15 is 0 Å². The SMILES string of the molecule is Fc1ccc(-c2c3cccc(C(F)(F)F)c3nn2Cc2ccc(F)c(F)c2)cc1. The Morgan fingerprint density at radius 1 is 0.828 bits per heavy atom. The van der Waals surface area contributed by atoms with E-state index < -0.39 is 29.2 Å². The van der Waals surface area contributed by atoms with E-state index in [0.717, 1.165) is 18.2 Å². The Labute approximate surface area is 161 Å². The number of benzene rings is 3. The van der Waals surface area contributed by atoms with Crippen molar-refractivity contribution in [2.75, 3.05) is 0 Å². The van der Waals surface area contributed by atoms with E-state index in [2.05, 4.69) is 5.10 Å². The van der Waals surface area contributed by atoms with Crippen LogP contribution in [0.2, 0.25) is 0 Å². The lowest BCUT2D eigenvalue weighted by Gasteiger charge is -2.09. The molecule has 8 heteroatoms. The third-order valence-corrected chi connectivity index (χ3v) is 4.51. The third kappa shape index (κ3) is 3.57. The van der Waals surface area contributed by atoms with E-state index in [-0.39, 0.29) is 17.4 Å². The van der Waals surface area contributed by atoms with Gasteiger partial charge in [-0.25, -0.2) is 13.2 Å². The molecule has 4 rings (SSSR count). The number of hydrogen-bond donors (Lipinski definition) is 0. The van der Waals surface area contributed by atoms with E-state index in [9.17, 15) is 26.3 Å². The van der Waals surface area contributed by atoms with Gasteiger partial charge in [-0.2, -0.15) is 18.3 Å². The maximum Gasteiger partial charge on any atom is 0.418 e. The van der Waals surface area contributed by atoms with Crippen LogP contribution in [0.25, 0.3) is 22.2 Å². The van der Waals surface area contributed by atoms with Gasteiger partial charge in [0.1, 0.15) is 11.3 Å². The molecule has 0 N–H and O–H groups in total. The summed E-state index contributed by atoms with van der Waals surface area (Å²) in [6.45, 7) is -0.101. The largest absolute Gasteiger partial charge is 0.418 e. The molecule has 0 aliphatic carbocycles. The van der Waals surface area contributed by atoms with Crippen molar-refractivity contribution in [3.05, 3.63) is 89.2 Å². The number of nitrogens with zero attached hydrogens (tertiary/aromatic N) is 2. The molecule has 0 fully saturated rings. The van der Waals surface area contributed by atoms with E-state index in [1.165, 1.54) is 47.1 Å². The summed E-state index contributed by atoms with van der Waals surface area (Å²) in [7, 11) is 0. The summed E-state index contributed by atoms with van der Waals surface area (Å²) in [6, 6.07) is 12.1. The second kappa shape index (κ2) is 6.95. The van der Waals surface area contributed by atoms with Crippen LogP contribution in [0.5, 0.6) is 0 Å². The molecule has 3 aromatic carbocycles. The molecule has 0 amide bonds. The fourth-order valence-electron chi connectivity index (χ4n) is 3.22. The average Bonchev–Trinajstić information content (AvgIpc) is 3.02. The molecule has 0 radical (unpaired) electrons. The minimum atomic E-state index is -4.62. The van der Waals surface area contributed by atoms with Gasteiger partial charge in [-0.15, -0.1) is 0 Å². The molecule has 0 unspecified atom stereocenters. The number of alkyl halides is 3. The van der Waals surface area contributed by atoms with Crippen LogP contribution in [0.3, 0.4) is 0 Å². The van der Waals surface area contributed by atoms with E-state index in [1.54, 1.807) is 0 Å². The molecule has 0 spiro atoms. The molecule has 0 aliphatic heterocycles. The van der Waals surface area contributed by atoms with Crippen molar-refractivity contribution in [3.8, 4) is 11.3 Å². The molecule has 0 bridgehead atoms. The zero-order chi connectivity index (χ0) is 20.8. The molecule has 1 heterocycles. The maximum absolute atomic E-state index is 13.6. The highest BCUT2D eigenvalue weighted by atomic mass is 19.4. The van der Waals surface area contributed by atoms with E-state index in [1.807, 2.05) is 0 Å². The highest BCUT2D eigenvalue weighted by Crippen LogP contribution is 2.38. The Bertz CT molecular complexity index is 1190. The number of aromatic nitrogens is 2. The summed E-state index contributed by atoms with van der Waals surface area (Å²) >= 11 is 0. The summed E-state index contributed by atoms with van der Waals surface area (Å²) < 4.78 is 81.8. The Morgan fingerprint density at radius 2 is 1.55 bits per heavy atom. The van der Waals surface area contributed by atoms with Gasteiger partial charge in [0.15, 0.2) is 11.6 Å². The van der Waals surface area contributed by atoms with Gasteiger partial charge in [0.2, 0.25) is 0 Å². The number of rotatable bonds is 3. The van der Waals surface area contributed by atoms with Crippen LogP contribution in [0.1, 0.15) is 11.1 Å². The van der Waals surface area contributed by atoms with Gasteiger partial charge in [-0.05, 0) is 48.0 Å². The van der Waals surface area contributed by atoms with Crippen molar-refractivity contribution in [2.24, 2.45) is 0 Å². The molecule has 0 atom stereocenters. The second-order valence-corrected chi connectivity index (χ2v) is 6.46. The summed E-state index contributed by atoms with van der Waals surface area (Å²) in [5, 5.41) is 4.33. The monoisotopic (exact) mass is 406 g/mol. The number of hydrogen-bond acceptors (Lipinski definition) is 1. The van der Waals surface area contributed by atoms with Crippen molar-refractivity contribution < 1.29 is 26.3 Å². The van der Waals surface area contributed by atoms with E-state index in [4.69, 9.17) is 0 Å². The van der Waals surface area contributed by atoms with Crippen molar-refractivity contribution in [3.63, 3.8) is 0 Å². The first-order valence-corrected chi connectivity index (χ1v) is 8.50. The smallest absolute Gasteiger partial charge is 0.259 e. The predicted molar refractivity (Wildman–Crippen MR) is 95.6 cm³/mol. The fraction of sp³-hybridized carbons (Fsp3) is 0.0952. The lowest BCUT2D eigenvalue weighted by Crippen LogP contribution is -2.07. The minimum absolute atomic E-state index is 0.101. The zero-order valence-corrected chi connectivity index (χ0v) is 14.6. The topological polar surface area (TPSA) is 17.8 Å². The molecule has 0 saturated carbocycles. The average molecular weight is 406 g/mol. The van der Waals surface area contributed by atoms with Crippen LogP contribution in [0.4, 0.5) is 26.3 Å². The van der Waals surface area contributed by atoms with Gasteiger partial charge in [-0.3, -0.25) is 4.68 Å². The molecule has 4 aromatic rings. The summed E-state index contributed by atoms with van der Waals surface area (Å²) in [5.74, 6) is -2.60. The van der Waals surface area contributed by atoms with Crippen molar-refractivity contribution in [1.82, 2.24) is 9.78 Å². The molecule has 29 heavy (non-hydrogen) atoms. The predicted octanol–water partition coefficient (Wildman–Crippen LogP) is 6.19. The molecule has 0 saturated heterocycles. The summed E-state index contributed by atoms with van der Waals surface area (Å²) in [6.07, 6.45) is -4.62. The van der Waals surface area contributed by atoms with E-state index in [0.29, 0.717) is 16.8 Å². The van der Waals surface area contributed by atoms with Gasteiger partial charge < -0.3 is 0 Å². The normalized spacial score (nSPS) is 11.9. The molecule has 1 aromatic heterocycles. The Kier molecular flexibility index (Phi) is 4.56. The first-order valence-electron chi connectivity index (χ1n) is 8.50. The molecule has 0 aliphatic rings. The molecule has 2 nitrogen and oxygen atoms in total. The van der Waals surface area contributed by atoms with Crippen LogP contribution >= 0.6 is 0 Å². The number of halogens is 6. The molecular formula is C21H12F6N2. The Morgan fingerprint density at radius 3 is 2.21 bits per heavy atom. The highest BCUT2D eigenvalue weighted by Gasteiger charge is 2.34. The van der Waals surface area contributed by atoms with Crippen LogP contribution in [-0.2, 0) is 12.7 Å². The third-order valence-electron chi connectivity index (χ3n) is 4.51. The van der Waals surface area contributed by atoms with Crippen molar-refractivity contribution in [1.29, 1.82) is 0 Å². The summed E-state index contributed by atoms with van der Waals surface area (Å²) in [4.78, 5) is 0. The quantitative estimate of drug-likeness (QED) is 0.371. The fourth-order valence-corrected chi connectivity index (χ4v) is 3.22. The second-order valence-electron chi connectivity index (χ2n) is 6.46. The van der Waals surface area contributed by atoms with Crippen LogP contribution in [0, 0.1) is 17.5 Å². The van der Waals surface area contributed by atoms with Gasteiger partial charge in [0.25, 0.3) is 0 Å². The molecular weight excluding hydrogens is 394 g/mol. The lowest BCUT2D eigenvalue weighted by molar-refractivity contribution is -0.136. The first kappa shape index (κ1) is 19.0. The van der Waals surface area contributed by atoms with Gasteiger partial charge >= 0.3 is 6.18 Å². The first-order chi connectivity index (χ1) is 13.7. The summed E-state index contributed by atoms with van der Waals surface area (Å²) in [5.41, 5.74) is -0.121. The van der Waals surface area contributed by atoms with Crippen LogP contribution in [-0.4, -0.2) is 9.78 Å². The van der Waals surface area contributed by atoms with Crippen LogP contribution < -0.4 is 0 Å². The van der Waals surface area contributed by atoms with Gasteiger partial charge in [0, 0.05) is 10.9 Å². The van der Waals surface area contributed by atoms with Crippen molar-refractivity contribution in [2.45, 2.75) is 12.7 Å². The standard InChI is InChI=1S/C21H12F6N2/c22-14-7-5-13(6-8-14)20-15-2-1-3-16(21(25,26)27)19(15)28-29(20)11-12-4-9-17(23)18(24)10-12/h1-10H,11H2. The lowest BCUT2D eigenvalue weighted by atomic mass is 10.0. The number of fused-ring (bicyclic) bond motifs is 1. The van der Waals surface area contributed by atoms with Gasteiger partial charge in [-0.1, -0.05) is 18.2 Å². The Balaban J connectivity index is 1.95. The minimum Gasteiger partial charge on any atom is -0.259 e. The van der Waals surface area contributed by atoms with Gasteiger partial charge in [0.05, 0.1) is 17.8 Å². The van der Waals surface area contributed by atoms with Crippen molar-refractivity contribution >= 4 is 10.9 Å². The molecule has 148 valence electrons. The van der Waals surface area contributed by atoms with Crippen LogP contribution in [0.15, 0.2) is 60.7 Å². The zero-order valence-electron chi connectivity index (χ0n) is 14.6.